The third-order valence-corrected chi connectivity index (χ3v) is 3.63. The van der Waals surface area contributed by atoms with Crippen molar-refractivity contribution in [2.75, 3.05) is 13.2 Å². The number of ether oxygens (including phenoxy) is 1. The standard InChI is InChI=1S/C15H22ClN3O.HI/c16-12-5-4-8-14(11-12)20-10-9-18-15(17)19-13-6-2-1-3-7-13;/h4-5,8,11,13H,1-3,6-7,9-10H2,(H3,17,18,19);1H. The van der Waals surface area contributed by atoms with E-state index in [0.717, 1.165) is 5.75 Å². The lowest BCUT2D eigenvalue weighted by molar-refractivity contribution is 0.328. The number of aliphatic imine (C=N–C) groups is 1. The molecule has 1 aliphatic carbocycles. The average molecular weight is 424 g/mol. The highest BCUT2D eigenvalue weighted by Gasteiger charge is 2.12. The van der Waals surface area contributed by atoms with Crippen LogP contribution in [0, 0.1) is 0 Å². The second kappa shape index (κ2) is 10.1. The number of hydrogen-bond acceptors (Lipinski definition) is 2. The van der Waals surface area contributed by atoms with Crippen LogP contribution in [0.4, 0.5) is 0 Å². The minimum Gasteiger partial charge on any atom is -0.492 e. The molecule has 0 heterocycles. The third kappa shape index (κ3) is 7.22. The summed E-state index contributed by atoms with van der Waals surface area (Å²) >= 11 is 5.88. The molecule has 118 valence electrons. The highest BCUT2D eigenvalue weighted by Crippen LogP contribution is 2.17. The molecular weight excluding hydrogens is 401 g/mol. The zero-order chi connectivity index (χ0) is 14.2. The Morgan fingerprint density at radius 2 is 2.10 bits per heavy atom. The molecule has 4 nitrogen and oxygen atoms in total. The van der Waals surface area contributed by atoms with Crippen molar-refractivity contribution in [1.82, 2.24) is 5.32 Å². The van der Waals surface area contributed by atoms with Gasteiger partial charge in [-0.25, -0.2) is 4.99 Å². The molecule has 1 aliphatic rings. The van der Waals surface area contributed by atoms with Gasteiger partial charge in [0.2, 0.25) is 0 Å². The predicted octanol–water partition coefficient (Wildman–Crippen LogP) is 3.57. The Morgan fingerprint density at radius 1 is 1.33 bits per heavy atom. The Balaban J connectivity index is 0.00000220. The largest absolute Gasteiger partial charge is 0.492 e. The zero-order valence-electron chi connectivity index (χ0n) is 12.1. The summed E-state index contributed by atoms with van der Waals surface area (Å²) in [5.41, 5.74) is 5.87. The van der Waals surface area contributed by atoms with Crippen molar-refractivity contribution in [3.63, 3.8) is 0 Å². The van der Waals surface area contributed by atoms with Crippen molar-refractivity contribution in [2.24, 2.45) is 10.7 Å². The molecule has 6 heteroatoms. The molecule has 0 aromatic heterocycles. The molecule has 0 atom stereocenters. The van der Waals surface area contributed by atoms with E-state index in [4.69, 9.17) is 22.1 Å². The molecule has 0 radical (unpaired) electrons. The molecule has 1 aromatic carbocycles. The fourth-order valence-corrected chi connectivity index (χ4v) is 2.57. The molecule has 21 heavy (non-hydrogen) atoms. The number of nitrogens with one attached hydrogen (secondary N) is 1. The smallest absolute Gasteiger partial charge is 0.188 e. The van der Waals surface area contributed by atoms with Crippen molar-refractivity contribution < 1.29 is 4.74 Å². The lowest BCUT2D eigenvalue weighted by Crippen LogP contribution is -2.41. The zero-order valence-corrected chi connectivity index (χ0v) is 15.1. The second-order valence-corrected chi connectivity index (χ2v) is 5.49. The summed E-state index contributed by atoms with van der Waals surface area (Å²) in [6.45, 7) is 1.03. The molecule has 0 unspecified atom stereocenters. The Labute approximate surface area is 148 Å². The summed E-state index contributed by atoms with van der Waals surface area (Å²) in [6, 6.07) is 7.83. The summed E-state index contributed by atoms with van der Waals surface area (Å²) in [5.74, 6) is 1.28. The Hall–Kier alpha value is -0.690. The second-order valence-electron chi connectivity index (χ2n) is 5.05. The van der Waals surface area contributed by atoms with Crippen LogP contribution in [0.15, 0.2) is 29.3 Å². The van der Waals surface area contributed by atoms with E-state index in [1.54, 1.807) is 6.07 Å². The Morgan fingerprint density at radius 3 is 2.81 bits per heavy atom. The van der Waals surface area contributed by atoms with Gasteiger partial charge in [0.25, 0.3) is 0 Å². The van der Waals surface area contributed by atoms with E-state index in [0.29, 0.717) is 30.2 Å². The Bertz CT molecular complexity index is 450. The maximum absolute atomic E-state index is 5.88. The summed E-state index contributed by atoms with van der Waals surface area (Å²) < 4.78 is 5.55. The third-order valence-electron chi connectivity index (χ3n) is 3.40. The van der Waals surface area contributed by atoms with Crippen molar-refractivity contribution in [2.45, 2.75) is 38.1 Å². The minimum absolute atomic E-state index is 0. The lowest BCUT2D eigenvalue weighted by Gasteiger charge is -2.23. The van der Waals surface area contributed by atoms with E-state index in [-0.39, 0.29) is 24.0 Å². The number of rotatable bonds is 5. The van der Waals surface area contributed by atoms with Crippen molar-refractivity contribution >= 4 is 41.5 Å². The number of nitrogens with zero attached hydrogens (tertiary/aromatic N) is 1. The number of guanidine groups is 1. The maximum atomic E-state index is 5.88. The SMILES string of the molecule is I.NC(=NCCOc1cccc(Cl)c1)NC1CCCCC1. The van der Waals surface area contributed by atoms with Gasteiger partial charge in [0, 0.05) is 11.1 Å². The van der Waals surface area contributed by atoms with Gasteiger partial charge in [0.05, 0.1) is 6.54 Å². The molecule has 3 N–H and O–H groups in total. The molecular formula is C15H23ClIN3O. The normalized spacial score (nSPS) is 16.1. The predicted molar refractivity (Wildman–Crippen MR) is 98.9 cm³/mol. The van der Waals surface area contributed by atoms with E-state index in [2.05, 4.69) is 10.3 Å². The molecule has 1 aromatic rings. The molecule has 1 fully saturated rings. The first-order valence-electron chi connectivity index (χ1n) is 7.19. The summed E-state index contributed by atoms with van der Waals surface area (Å²) in [4.78, 5) is 4.28. The van der Waals surface area contributed by atoms with Gasteiger partial charge in [-0.2, -0.15) is 0 Å². The first-order valence-corrected chi connectivity index (χ1v) is 7.56. The molecule has 0 saturated heterocycles. The summed E-state index contributed by atoms with van der Waals surface area (Å²) in [6.07, 6.45) is 6.28. The van der Waals surface area contributed by atoms with Crippen LogP contribution >= 0.6 is 35.6 Å². The van der Waals surface area contributed by atoms with E-state index in [1.807, 2.05) is 18.2 Å². The van der Waals surface area contributed by atoms with Crippen LogP contribution in [-0.2, 0) is 0 Å². The number of nitrogens with two attached hydrogens (primary N) is 1. The average Bonchev–Trinajstić information content (AvgIpc) is 2.45. The minimum atomic E-state index is 0. The van der Waals surface area contributed by atoms with Crippen molar-refractivity contribution in [3.8, 4) is 5.75 Å². The van der Waals surface area contributed by atoms with E-state index >= 15 is 0 Å². The van der Waals surface area contributed by atoms with Gasteiger partial charge in [-0.3, -0.25) is 0 Å². The van der Waals surface area contributed by atoms with E-state index in [1.165, 1.54) is 32.1 Å². The topological polar surface area (TPSA) is 59.6 Å². The van der Waals surface area contributed by atoms with Crippen LogP contribution in [0.3, 0.4) is 0 Å². The van der Waals surface area contributed by atoms with E-state index < -0.39 is 0 Å². The van der Waals surface area contributed by atoms with Crippen LogP contribution in [-0.4, -0.2) is 25.2 Å². The summed E-state index contributed by atoms with van der Waals surface area (Å²) in [5, 5.41) is 3.95. The molecule has 2 rings (SSSR count). The van der Waals surface area contributed by atoms with Gasteiger partial charge in [-0.15, -0.1) is 24.0 Å². The van der Waals surface area contributed by atoms with Crippen molar-refractivity contribution in [1.29, 1.82) is 0 Å². The Kier molecular flexibility index (Phi) is 8.84. The molecule has 0 amide bonds. The molecule has 1 saturated carbocycles. The highest BCUT2D eigenvalue weighted by molar-refractivity contribution is 14.0. The fourth-order valence-electron chi connectivity index (χ4n) is 2.39. The number of hydrogen-bond donors (Lipinski definition) is 2. The van der Waals surface area contributed by atoms with Crippen LogP contribution in [0.2, 0.25) is 5.02 Å². The van der Waals surface area contributed by atoms with Crippen molar-refractivity contribution in [3.05, 3.63) is 29.3 Å². The quantitative estimate of drug-likeness (QED) is 0.329. The molecule has 0 spiro atoms. The first-order chi connectivity index (χ1) is 9.74. The number of benzene rings is 1. The first kappa shape index (κ1) is 18.4. The fraction of sp³-hybridized carbons (Fsp3) is 0.533. The summed E-state index contributed by atoms with van der Waals surface area (Å²) in [7, 11) is 0. The maximum Gasteiger partial charge on any atom is 0.188 e. The van der Waals surface area contributed by atoms with Gasteiger partial charge in [0.1, 0.15) is 12.4 Å². The molecule has 0 aliphatic heterocycles. The molecule has 0 bridgehead atoms. The van der Waals surface area contributed by atoms with Crippen LogP contribution in [0.25, 0.3) is 0 Å². The highest BCUT2D eigenvalue weighted by atomic mass is 127. The monoisotopic (exact) mass is 423 g/mol. The van der Waals surface area contributed by atoms with Crippen LogP contribution in [0.5, 0.6) is 5.75 Å². The van der Waals surface area contributed by atoms with Crippen LogP contribution < -0.4 is 15.8 Å². The van der Waals surface area contributed by atoms with Gasteiger partial charge in [0.15, 0.2) is 5.96 Å². The van der Waals surface area contributed by atoms with Crippen LogP contribution in [0.1, 0.15) is 32.1 Å². The van der Waals surface area contributed by atoms with Gasteiger partial charge < -0.3 is 15.8 Å². The lowest BCUT2D eigenvalue weighted by atomic mass is 9.96. The van der Waals surface area contributed by atoms with Gasteiger partial charge >= 0.3 is 0 Å². The van der Waals surface area contributed by atoms with Gasteiger partial charge in [-0.05, 0) is 31.0 Å². The van der Waals surface area contributed by atoms with Gasteiger partial charge in [-0.1, -0.05) is 36.9 Å². The number of halogens is 2. The van der Waals surface area contributed by atoms with E-state index in [9.17, 15) is 0 Å².